The summed E-state index contributed by atoms with van der Waals surface area (Å²) in [7, 11) is 0. The molecule has 1 saturated carbocycles. The van der Waals surface area contributed by atoms with Crippen LogP contribution in [-0.2, 0) is 4.79 Å². The third-order valence-electron chi connectivity index (χ3n) is 7.95. The number of ether oxygens (including phenoxy) is 2. The summed E-state index contributed by atoms with van der Waals surface area (Å²) in [5.41, 5.74) is 0.930. The number of hydrogen-bond donors (Lipinski definition) is 1. The first-order valence-electron chi connectivity index (χ1n) is 13.4. The molecule has 2 atom stereocenters. The van der Waals surface area contributed by atoms with Crippen molar-refractivity contribution in [3.63, 3.8) is 0 Å². The molecule has 7 nitrogen and oxygen atoms in total. The number of carbonyl (C=O) groups is 1. The SMILES string of the molecule is O=C(C=Cc1ccc2c(c1)OCO2)NC[C@H]1CCCC[C@@H]1CN1CCN(c2nsc3ccccc23)CC1. The number of benzene rings is 2. The van der Waals surface area contributed by atoms with Gasteiger partial charge in [0.15, 0.2) is 11.5 Å². The van der Waals surface area contributed by atoms with Crippen molar-refractivity contribution in [3.05, 3.63) is 54.1 Å². The van der Waals surface area contributed by atoms with Crippen LogP contribution in [0.4, 0.5) is 5.82 Å². The average molecular weight is 519 g/mol. The first-order valence-corrected chi connectivity index (χ1v) is 14.2. The third-order valence-corrected chi connectivity index (χ3v) is 8.77. The lowest BCUT2D eigenvalue weighted by atomic mass is 9.78. The minimum absolute atomic E-state index is 0.0360. The van der Waals surface area contributed by atoms with Crippen molar-refractivity contribution in [2.45, 2.75) is 25.7 Å². The lowest BCUT2D eigenvalue weighted by molar-refractivity contribution is -0.116. The summed E-state index contributed by atoms with van der Waals surface area (Å²) < 4.78 is 16.8. The maximum atomic E-state index is 12.6. The number of anilines is 1. The monoisotopic (exact) mass is 518 g/mol. The number of piperazine rings is 1. The second kappa shape index (κ2) is 11.1. The molecule has 8 heteroatoms. The lowest BCUT2D eigenvalue weighted by Gasteiger charge is -2.40. The van der Waals surface area contributed by atoms with Crippen molar-refractivity contribution in [3.8, 4) is 11.5 Å². The van der Waals surface area contributed by atoms with Gasteiger partial charge in [-0.1, -0.05) is 31.0 Å². The van der Waals surface area contributed by atoms with Gasteiger partial charge in [0.2, 0.25) is 12.7 Å². The van der Waals surface area contributed by atoms with E-state index < -0.39 is 0 Å². The van der Waals surface area contributed by atoms with E-state index in [0.29, 0.717) is 11.8 Å². The average Bonchev–Trinajstić information content (AvgIpc) is 3.59. The van der Waals surface area contributed by atoms with Gasteiger partial charge in [0.05, 0.1) is 4.70 Å². The second-order valence-electron chi connectivity index (χ2n) is 10.3. The molecule has 1 amide bonds. The van der Waals surface area contributed by atoms with Crippen LogP contribution in [0.5, 0.6) is 11.5 Å². The Bertz CT molecular complexity index is 1270. The highest BCUT2D eigenvalue weighted by atomic mass is 32.1. The molecule has 1 saturated heterocycles. The van der Waals surface area contributed by atoms with E-state index in [1.54, 1.807) is 17.6 Å². The van der Waals surface area contributed by atoms with E-state index in [9.17, 15) is 4.79 Å². The van der Waals surface area contributed by atoms with Crippen LogP contribution < -0.4 is 19.7 Å². The molecule has 37 heavy (non-hydrogen) atoms. The number of nitrogens with one attached hydrogen (secondary N) is 1. The minimum atomic E-state index is -0.0360. The summed E-state index contributed by atoms with van der Waals surface area (Å²) in [6, 6.07) is 14.2. The van der Waals surface area contributed by atoms with E-state index >= 15 is 0 Å². The predicted octanol–water partition coefficient (Wildman–Crippen LogP) is 4.78. The molecule has 3 aromatic rings. The first-order chi connectivity index (χ1) is 18.2. The quantitative estimate of drug-likeness (QED) is 0.454. The molecule has 2 aliphatic heterocycles. The maximum Gasteiger partial charge on any atom is 0.244 e. The fourth-order valence-corrected chi connectivity index (χ4v) is 6.64. The zero-order valence-electron chi connectivity index (χ0n) is 21.1. The predicted molar refractivity (Wildman–Crippen MR) is 148 cm³/mol. The van der Waals surface area contributed by atoms with E-state index in [0.717, 1.165) is 62.1 Å². The van der Waals surface area contributed by atoms with Gasteiger partial charge in [-0.25, -0.2) is 0 Å². The molecule has 3 heterocycles. The molecular formula is C29H34N4O3S. The van der Waals surface area contributed by atoms with Gasteiger partial charge >= 0.3 is 0 Å². The van der Waals surface area contributed by atoms with Crippen molar-refractivity contribution in [1.82, 2.24) is 14.6 Å². The molecule has 0 unspecified atom stereocenters. The molecule has 3 aliphatic rings. The van der Waals surface area contributed by atoms with Crippen LogP contribution >= 0.6 is 11.5 Å². The normalized spacial score (nSPS) is 22.1. The molecule has 0 radical (unpaired) electrons. The van der Waals surface area contributed by atoms with Gasteiger partial charge < -0.3 is 19.7 Å². The molecule has 6 rings (SSSR count). The van der Waals surface area contributed by atoms with Crippen LogP contribution in [-0.4, -0.2) is 61.2 Å². The molecule has 1 aromatic heterocycles. The van der Waals surface area contributed by atoms with Crippen LogP contribution in [0.2, 0.25) is 0 Å². The Morgan fingerprint density at radius 1 is 1.03 bits per heavy atom. The maximum absolute atomic E-state index is 12.6. The van der Waals surface area contributed by atoms with Crippen molar-refractivity contribution < 1.29 is 14.3 Å². The molecule has 0 spiro atoms. The fraction of sp³-hybridized carbons (Fsp3) is 0.448. The highest BCUT2D eigenvalue weighted by Gasteiger charge is 2.29. The topological polar surface area (TPSA) is 66.9 Å². The van der Waals surface area contributed by atoms with E-state index in [2.05, 4.69) is 39.4 Å². The fourth-order valence-electron chi connectivity index (χ4n) is 5.85. The van der Waals surface area contributed by atoms with Crippen molar-refractivity contribution in [2.75, 3.05) is 51.0 Å². The van der Waals surface area contributed by atoms with Gasteiger partial charge in [-0.2, -0.15) is 4.37 Å². The van der Waals surface area contributed by atoms with Gasteiger partial charge in [-0.05, 0) is 72.1 Å². The van der Waals surface area contributed by atoms with Gasteiger partial charge in [-0.15, -0.1) is 0 Å². The first kappa shape index (κ1) is 24.2. The van der Waals surface area contributed by atoms with E-state index in [1.165, 1.54) is 35.8 Å². The minimum Gasteiger partial charge on any atom is -0.454 e. The largest absolute Gasteiger partial charge is 0.454 e. The Morgan fingerprint density at radius 2 is 1.84 bits per heavy atom. The molecule has 1 aliphatic carbocycles. The number of hydrogen-bond acceptors (Lipinski definition) is 7. The van der Waals surface area contributed by atoms with Gasteiger partial charge in [-0.3, -0.25) is 9.69 Å². The van der Waals surface area contributed by atoms with E-state index in [4.69, 9.17) is 13.8 Å². The molecule has 2 aromatic carbocycles. The number of fused-ring (bicyclic) bond motifs is 2. The van der Waals surface area contributed by atoms with Gasteiger partial charge in [0, 0.05) is 50.7 Å². The number of nitrogens with zero attached hydrogens (tertiary/aromatic N) is 3. The zero-order chi connectivity index (χ0) is 25.0. The number of amides is 1. The number of aromatic nitrogens is 1. The summed E-state index contributed by atoms with van der Waals surface area (Å²) >= 11 is 1.60. The van der Waals surface area contributed by atoms with Gasteiger partial charge in [0.25, 0.3) is 0 Å². The molecule has 2 fully saturated rings. The molecule has 194 valence electrons. The summed E-state index contributed by atoms with van der Waals surface area (Å²) in [5, 5.41) is 4.44. The molecular weight excluding hydrogens is 484 g/mol. The Kier molecular flexibility index (Phi) is 7.28. The van der Waals surface area contributed by atoms with Crippen LogP contribution in [0.3, 0.4) is 0 Å². The molecule has 0 bridgehead atoms. The summed E-state index contributed by atoms with van der Waals surface area (Å²) in [6.45, 7) is 6.31. The van der Waals surface area contributed by atoms with Crippen molar-refractivity contribution in [1.29, 1.82) is 0 Å². The number of carbonyl (C=O) groups excluding carboxylic acids is 1. The Hall–Kier alpha value is -3.10. The smallest absolute Gasteiger partial charge is 0.244 e. The zero-order valence-corrected chi connectivity index (χ0v) is 21.9. The molecule has 1 N–H and O–H groups in total. The second-order valence-corrected chi connectivity index (χ2v) is 11.1. The van der Waals surface area contributed by atoms with Gasteiger partial charge in [0.1, 0.15) is 5.82 Å². The highest BCUT2D eigenvalue weighted by molar-refractivity contribution is 7.13. The van der Waals surface area contributed by atoms with E-state index in [1.807, 2.05) is 24.3 Å². The van der Waals surface area contributed by atoms with E-state index in [-0.39, 0.29) is 12.7 Å². The summed E-state index contributed by atoms with van der Waals surface area (Å²) in [5.74, 6) is 3.77. The van der Waals surface area contributed by atoms with Crippen LogP contribution in [0.1, 0.15) is 31.2 Å². The summed E-state index contributed by atoms with van der Waals surface area (Å²) in [6.07, 6.45) is 8.46. The lowest BCUT2D eigenvalue weighted by Crippen LogP contribution is -2.49. The van der Waals surface area contributed by atoms with Crippen LogP contribution in [0, 0.1) is 11.8 Å². The third kappa shape index (κ3) is 5.60. The Morgan fingerprint density at radius 3 is 2.73 bits per heavy atom. The van der Waals surface area contributed by atoms with Crippen LogP contribution in [0.15, 0.2) is 48.5 Å². The summed E-state index contributed by atoms with van der Waals surface area (Å²) in [4.78, 5) is 17.6. The standard InChI is InChI=1S/C29H34N4O3S/c34-28(12-10-21-9-11-25-26(17-21)36-20-35-25)30-18-22-5-1-2-6-23(22)19-32-13-15-33(16-14-32)29-24-7-3-4-8-27(24)37-31-29/h3-4,7-12,17,22-23H,1-2,5-6,13-16,18-20H2,(H,30,34)/t22-,23-/m1/s1. The highest BCUT2D eigenvalue weighted by Crippen LogP contribution is 2.34. The van der Waals surface area contributed by atoms with Crippen molar-refractivity contribution >= 4 is 39.4 Å². The number of rotatable bonds is 7. The van der Waals surface area contributed by atoms with Crippen molar-refractivity contribution in [2.24, 2.45) is 11.8 Å². The Labute approximate surface area is 222 Å². The Balaban J connectivity index is 0.989. The van der Waals surface area contributed by atoms with Crippen LogP contribution in [0.25, 0.3) is 16.2 Å².